The molecule has 0 heterocycles. The molecule has 0 unspecified atom stereocenters. The summed E-state index contributed by atoms with van der Waals surface area (Å²) in [4.78, 5) is 25.1. The largest absolute Gasteiger partial charge is 0.354 e. The summed E-state index contributed by atoms with van der Waals surface area (Å²) in [5.74, 6) is 0.330. The molecule has 0 radical (unpaired) electrons. The third-order valence-corrected chi connectivity index (χ3v) is 3.66. The van der Waals surface area contributed by atoms with Crippen molar-refractivity contribution in [3.63, 3.8) is 0 Å². The van der Waals surface area contributed by atoms with E-state index in [-0.39, 0.29) is 18.4 Å². The zero-order valence-corrected chi connectivity index (χ0v) is 14.3. The maximum atomic E-state index is 11.9. The maximum Gasteiger partial charge on any atom is 0.239 e. The Hall–Kier alpha value is -1.55. The van der Waals surface area contributed by atoms with Crippen LogP contribution in [0.1, 0.15) is 32.8 Å². The highest BCUT2D eigenvalue weighted by molar-refractivity contribution is 6.30. The topological polar surface area (TPSA) is 49.4 Å². The van der Waals surface area contributed by atoms with Gasteiger partial charge < -0.3 is 10.2 Å². The molecule has 5 heteroatoms. The van der Waals surface area contributed by atoms with Crippen LogP contribution in [0.3, 0.4) is 0 Å². The van der Waals surface area contributed by atoms with Gasteiger partial charge in [-0.15, -0.1) is 0 Å². The first kappa shape index (κ1) is 18.5. The lowest BCUT2D eigenvalue weighted by Crippen LogP contribution is -2.41. The summed E-state index contributed by atoms with van der Waals surface area (Å²) in [5.41, 5.74) is 1.12. The van der Waals surface area contributed by atoms with Crippen LogP contribution < -0.4 is 5.32 Å². The lowest BCUT2D eigenvalue weighted by Gasteiger charge is -2.21. The number of rotatable bonds is 8. The number of nitrogens with one attached hydrogen (secondary N) is 1. The van der Waals surface area contributed by atoms with Crippen LogP contribution in [0.15, 0.2) is 24.3 Å². The molecular weight excluding hydrogens is 300 g/mol. The van der Waals surface area contributed by atoms with Gasteiger partial charge in [0.15, 0.2) is 0 Å². The van der Waals surface area contributed by atoms with Crippen molar-refractivity contribution in [2.24, 2.45) is 5.92 Å². The Balaban J connectivity index is 2.34. The molecule has 0 saturated heterocycles. The molecule has 1 rings (SSSR count). The molecule has 0 atom stereocenters. The Bertz CT molecular complexity index is 486. The molecule has 2 amide bonds. The van der Waals surface area contributed by atoms with Crippen molar-refractivity contribution in [1.29, 1.82) is 0 Å². The number of hydrogen-bond donors (Lipinski definition) is 1. The first-order valence-electron chi connectivity index (χ1n) is 7.65. The molecule has 0 bridgehead atoms. The predicted molar refractivity (Wildman–Crippen MR) is 89.9 cm³/mol. The molecule has 0 spiro atoms. The van der Waals surface area contributed by atoms with Crippen molar-refractivity contribution in [2.75, 3.05) is 19.6 Å². The minimum atomic E-state index is -0.118. The van der Waals surface area contributed by atoms with Crippen LogP contribution >= 0.6 is 11.6 Å². The number of benzene rings is 1. The highest BCUT2D eigenvalue weighted by Gasteiger charge is 2.13. The standard InChI is InChI=1S/C17H25ClN2O2/c1-13(2)9-11-20(14(3)21)12-17(22)19-10-8-15-4-6-16(18)7-5-15/h4-7,13H,8-12H2,1-3H3,(H,19,22). The minimum Gasteiger partial charge on any atom is -0.354 e. The summed E-state index contributed by atoms with van der Waals surface area (Å²) < 4.78 is 0. The number of amides is 2. The third-order valence-electron chi connectivity index (χ3n) is 3.41. The zero-order valence-electron chi connectivity index (χ0n) is 13.6. The van der Waals surface area contributed by atoms with Gasteiger partial charge in [0.25, 0.3) is 0 Å². The molecule has 0 aliphatic heterocycles. The Morgan fingerprint density at radius 2 is 1.86 bits per heavy atom. The average molecular weight is 325 g/mol. The Labute approximate surface area is 137 Å². The molecule has 22 heavy (non-hydrogen) atoms. The highest BCUT2D eigenvalue weighted by atomic mass is 35.5. The van der Waals surface area contributed by atoms with E-state index in [0.717, 1.165) is 18.4 Å². The minimum absolute atomic E-state index is 0.0616. The molecule has 0 aliphatic rings. The highest BCUT2D eigenvalue weighted by Crippen LogP contribution is 2.09. The Kier molecular flexibility index (Phi) is 7.96. The SMILES string of the molecule is CC(=O)N(CCC(C)C)CC(=O)NCCc1ccc(Cl)cc1. The van der Waals surface area contributed by atoms with Crippen LogP contribution in [-0.4, -0.2) is 36.3 Å². The molecule has 122 valence electrons. The molecule has 1 aromatic carbocycles. The van der Waals surface area contributed by atoms with E-state index in [1.807, 2.05) is 24.3 Å². The number of carbonyl (C=O) groups excluding carboxylic acids is 2. The summed E-state index contributed by atoms with van der Waals surface area (Å²) in [6.07, 6.45) is 1.65. The lowest BCUT2D eigenvalue weighted by molar-refractivity contribution is -0.134. The van der Waals surface area contributed by atoms with Crippen LogP contribution in [0, 0.1) is 5.92 Å². The van der Waals surface area contributed by atoms with Crippen LogP contribution in [-0.2, 0) is 16.0 Å². The van der Waals surface area contributed by atoms with E-state index < -0.39 is 0 Å². The second-order valence-electron chi connectivity index (χ2n) is 5.85. The van der Waals surface area contributed by atoms with Gasteiger partial charge in [0.05, 0.1) is 6.54 Å². The number of nitrogens with zero attached hydrogens (tertiary/aromatic N) is 1. The van der Waals surface area contributed by atoms with Gasteiger partial charge in [0.2, 0.25) is 11.8 Å². The van der Waals surface area contributed by atoms with Crippen molar-refractivity contribution >= 4 is 23.4 Å². The van der Waals surface area contributed by atoms with Crippen LogP contribution in [0.25, 0.3) is 0 Å². The second-order valence-corrected chi connectivity index (χ2v) is 6.29. The summed E-state index contributed by atoms with van der Waals surface area (Å²) >= 11 is 5.83. The van der Waals surface area contributed by atoms with Crippen molar-refractivity contribution in [1.82, 2.24) is 10.2 Å². The smallest absolute Gasteiger partial charge is 0.239 e. The molecule has 0 saturated carbocycles. The molecule has 1 N–H and O–H groups in total. The van der Waals surface area contributed by atoms with Gasteiger partial charge in [0.1, 0.15) is 0 Å². The van der Waals surface area contributed by atoms with E-state index in [1.165, 1.54) is 6.92 Å². The van der Waals surface area contributed by atoms with Crippen molar-refractivity contribution in [2.45, 2.75) is 33.6 Å². The first-order valence-corrected chi connectivity index (χ1v) is 8.03. The molecular formula is C17H25ClN2O2. The van der Waals surface area contributed by atoms with Gasteiger partial charge >= 0.3 is 0 Å². The van der Waals surface area contributed by atoms with Gasteiger partial charge in [-0.25, -0.2) is 0 Å². The van der Waals surface area contributed by atoms with E-state index >= 15 is 0 Å². The van der Waals surface area contributed by atoms with Crippen LogP contribution in [0.4, 0.5) is 0 Å². The monoisotopic (exact) mass is 324 g/mol. The normalized spacial score (nSPS) is 10.6. The summed E-state index contributed by atoms with van der Waals surface area (Å²) in [6, 6.07) is 7.56. The third kappa shape index (κ3) is 7.46. The quantitative estimate of drug-likeness (QED) is 0.799. The van der Waals surface area contributed by atoms with E-state index in [1.54, 1.807) is 4.90 Å². The molecule has 1 aromatic rings. The van der Waals surface area contributed by atoms with Gasteiger partial charge in [-0.05, 0) is 36.5 Å². The van der Waals surface area contributed by atoms with Crippen LogP contribution in [0.2, 0.25) is 5.02 Å². The summed E-state index contributed by atoms with van der Waals surface area (Å²) in [7, 11) is 0. The number of hydrogen-bond acceptors (Lipinski definition) is 2. The average Bonchev–Trinajstić information content (AvgIpc) is 2.45. The molecule has 0 fully saturated rings. The Morgan fingerprint density at radius 1 is 1.23 bits per heavy atom. The van der Waals surface area contributed by atoms with Crippen molar-refractivity contribution < 1.29 is 9.59 Å². The summed E-state index contributed by atoms with van der Waals surface area (Å²) in [5, 5.41) is 3.56. The van der Waals surface area contributed by atoms with Gasteiger partial charge in [-0.1, -0.05) is 37.6 Å². The molecule has 4 nitrogen and oxygen atoms in total. The maximum absolute atomic E-state index is 11.9. The van der Waals surface area contributed by atoms with E-state index in [9.17, 15) is 9.59 Å². The van der Waals surface area contributed by atoms with E-state index in [0.29, 0.717) is 24.0 Å². The fourth-order valence-corrected chi connectivity index (χ4v) is 2.11. The fourth-order valence-electron chi connectivity index (χ4n) is 1.99. The van der Waals surface area contributed by atoms with Crippen molar-refractivity contribution in [3.8, 4) is 0 Å². The predicted octanol–water partition coefficient (Wildman–Crippen LogP) is 2.89. The van der Waals surface area contributed by atoms with Gasteiger partial charge in [-0.2, -0.15) is 0 Å². The van der Waals surface area contributed by atoms with Gasteiger partial charge in [-0.3, -0.25) is 9.59 Å². The van der Waals surface area contributed by atoms with Crippen molar-refractivity contribution in [3.05, 3.63) is 34.9 Å². The fraction of sp³-hybridized carbons (Fsp3) is 0.529. The summed E-state index contributed by atoms with van der Waals surface area (Å²) in [6.45, 7) is 7.01. The number of carbonyl (C=O) groups is 2. The number of halogens is 1. The van der Waals surface area contributed by atoms with Crippen LogP contribution in [0.5, 0.6) is 0 Å². The Morgan fingerprint density at radius 3 is 2.41 bits per heavy atom. The zero-order chi connectivity index (χ0) is 16.5. The molecule has 0 aromatic heterocycles. The molecule has 0 aliphatic carbocycles. The van der Waals surface area contributed by atoms with Gasteiger partial charge in [0, 0.05) is 25.0 Å². The second kappa shape index (κ2) is 9.46. The van der Waals surface area contributed by atoms with E-state index in [2.05, 4.69) is 19.2 Å². The first-order chi connectivity index (χ1) is 10.4. The lowest BCUT2D eigenvalue weighted by atomic mass is 10.1. The van der Waals surface area contributed by atoms with E-state index in [4.69, 9.17) is 11.6 Å².